The molecule has 0 aliphatic carbocycles. The Labute approximate surface area is 156 Å². The summed E-state index contributed by atoms with van der Waals surface area (Å²) in [5, 5.41) is 31.2. The van der Waals surface area contributed by atoms with Gasteiger partial charge in [0.2, 0.25) is 0 Å². The average molecular weight is 378 g/mol. The number of fused-ring (bicyclic) bond motifs is 2. The third-order valence-electron chi connectivity index (χ3n) is 4.64. The van der Waals surface area contributed by atoms with Gasteiger partial charge in [-0.25, -0.2) is 4.79 Å². The van der Waals surface area contributed by atoms with Crippen LogP contribution in [0.3, 0.4) is 0 Å². The number of hydrogen-bond donors (Lipinski definition) is 3. The lowest BCUT2D eigenvalue weighted by Crippen LogP contribution is -2.25. The van der Waals surface area contributed by atoms with Crippen LogP contribution in [-0.4, -0.2) is 58.6 Å². The highest BCUT2D eigenvalue weighted by molar-refractivity contribution is 5.96. The SMILES string of the molecule is COc1cc(O)c2c(c1)[C@H](O)[C@@H](O)C[C@H]1O[C@H]1C(=O)/C=C\CC(C)OC2=O. The lowest BCUT2D eigenvalue weighted by Gasteiger charge is -2.22. The van der Waals surface area contributed by atoms with Crippen LogP contribution in [0.5, 0.6) is 11.5 Å². The van der Waals surface area contributed by atoms with Crippen LogP contribution in [-0.2, 0) is 14.3 Å². The fraction of sp³-hybridized carbons (Fsp3) is 0.474. The Morgan fingerprint density at radius 1 is 1.22 bits per heavy atom. The van der Waals surface area contributed by atoms with Gasteiger partial charge in [0.1, 0.15) is 35.4 Å². The molecule has 0 saturated carbocycles. The summed E-state index contributed by atoms with van der Waals surface area (Å²) < 4.78 is 15.7. The molecular weight excluding hydrogens is 356 g/mol. The van der Waals surface area contributed by atoms with Crippen molar-refractivity contribution in [2.24, 2.45) is 0 Å². The Bertz CT molecular complexity index is 771. The van der Waals surface area contributed by atoms with E-state index in [1.165, 1.54) is 25.3 Å². The zero-order valence-electron chi connectivity index (χ0n) is 15.0. The van der Waals surface area contributed by atoms with Crippen LogP contribution < -0.4 is 4.74 Å². The van der Waals surface area contributed by atoms with Gasteiger partial charge in [-0.3, -0.25) is 4.79 Å². The quantitative estimate of drug-likeness (QED) is 0.489. The number of benzene rings is 1. The number of ether oxygens (including phenoxy) is 3. The number of phenols is 1. The fourth-order valence-electron chi connectivity index (χ4n) is 3.10. The molecule has 2 aliphatic heterocycles. The Morgan fingerprint density at radius 2 is 1.96 bits per heavy atom. The van der Waals surface area contributed by atoms with Crippen molar-refractivity contribution in [1.82, 2.24) is 0 Å². The van der Waals surface area contributed by atoms with Crippen molar-refractivity contribution in [3.63, 3.8) is 0 Å². The van der Waals surface area contributed by atoms with Crippen molar-refractivity contribution in [2.45, 2.75) is 50.3 Å². The smallest absolute Gasteiger partial charge is 0.342 e. The number of carbonyl (C=O) groups is 2. The molecule has 1 aromatic carbocycles. The largest absolute Gasteiger partial charge is 0.507 e. The van der Waals surface area contributed by atoms with Crippen molar-refractivity contribution in [2.75, 3.05) is 7.11 Å². The summed E-state index contributed by atoms with van der Waals surface area (Å²) in [6, 6.07) is 2.59. The molecule has 8 heteroatoms. The maximum atomic E-state index is 12.6. The molecule has 3 rings (SSSR count). The molecule has 2 heterocycles. The van der Waals surface area contributed by atoms with E-state index in [1.807, 2.05) is 0 Å². The maximum Gasteiger partial charge on any atom is 0.342 e. The first-order chi connectivity index (χ1) is 12.8. The van der Waals surface area contributed by atoms with Crippen LogP contribution in [0.25, 0.3) is 0 Å². The van der Waals surface area contributed by atoms with Crippen molar-refractivity contribution in [3.05, 3.63) is 35.4 Å². The predicted molar refractivity (Wildman–Crippen MR) is 92.5 cm³/mol. The van der Waals surface area contributed by atoms with Gasteiger partial charge in [0, 0.05) is 24.5 Å². The number of aliphatic hydroxyl groups excluding tert-OH is 2. The van der Waals surface area contributed by atoms with E-state index in [2.05, 4.69) is 0 Å². The van der Waals surface area contributed by atoms with E-state index in [1.54, 1.807) is 13.0 Å². The molecule has 1 unspecified atom stereocenters. The summed E-state index contributed by atoms with van der Waals surface area (Å²) in [6.45, 7) is 1.64. The van der Waals surface area contributed by atoms with Gasteiger partial charge in [0.25, 0.3) is 0 Å². The van der Waals surface area contributed by atoms with Crippen molar-refractivity contribution >= 4 is 11.8 Å². The first-order valence-corrected chi connectivity index (χ1v) is 8.65. The Balaban J connectivity index is 2.00. The lowest BCUT2D eigenvalue weighted by molar-refractivity contribution is -0.115. The molecule has 1 saturated heterocycles. The highest BCUT2D eigenvalue weighted by Gasteiger charge is 2.45. The van der Waals surface area contributed by atoms with Crippen molar-refractivity contribution in [3.8, 4) is 11.5 Å². The Morgan fingerprint density at radius 3 is 2.67 bits per heavy atom. The van der Waals surface area contributed by atoms with Gasteiger partial charge in [0.15, 0.2) is 5.78 Å². The minimum atomic E-state index is -1.51. The average Bonchev–Trinajstić information content (AvgIpc) is 3.38. The number of rotatable bonds is 1. The number of ketones is 1. The van der Waals surface area contributed by atoms with E-state index >= 15 is 0 Å². The third-order valence-corrected chi connectivity index (χ3v) is 4.64. The molecule has 1 fully saturated rings. The fourth-order valence-corrected chi connectivity index (χ4v) is 3.10. The first-order valence-electron chi connectivity index (χ1n) is 8.65. The number of phenolic OH excluding ortho intramolecular Hbond substituents is 1. The number of epoxide rings is 1. The summed E-state index contributed by atoms with van der Waals surface area (Å²) >= 11 is 0. The van der Waals surface area contributed by atoms with Crippen LogP contribution in [0.2, 0.25) is 0 Å². The van der Waals surface area contributed by atoms with Crippen molar-refractivity contribution in [1.29, 1.82) is 0 Å². The minimum Gasteiger partial charge on any atom is -0.507 e. The lowest BCUT2D eigenvalue weighted by atomic mass is 9.94. The number of esters is 1. The number of carbonyl (C=O) groups excluding carboxylic acids is 2. The number of cyclic esters (lactones) is 1. The van der Waals surface area contributed by atoms with E-state index in [-0.39, 0.29) is 29.1 Å². The molecule has 0 radical (unpaired) electrons. The highest BCUT2D eigenvalue weighted by atomic mass is 16.6. The molecule has 0 spiro atoms. The molecular formula is C19H22O8. The van der Waals surface area contributed by atoms with E-state index < -0.39 is 42.2 Å². The van der Waals surface area contributed by atoms with Crippen LogP contribution >= 0.6 is 0 Å². The summed E-state index contributed by atoms with van der Waals surface area (Å²) in [5.74, 6) is -1.30. The third kappa shape index (κ3) is 4.13. The second-order valence-corrected chi connectivity index (χ2v) is 6.71. The van der Waals surface area contributed by atoms with Crippen LogP contribution in [0.1, 0.15) is 41.8 Å². The first kappa shape index (κ1) is 19.3. The van der Waals surface area contributed by atoms with E-state index in [9.17, 15) is 24.9 Å². The number of aromatic hydroxyl groups is 1. The van der Waals surface area contributed by atoms with Crippen LogP contribution in [0, 0.1) is 0 Å². The normalized spacial score (nSPS) is 32.5. The summed E-state index contributed by atoms with van der Waals surface area (Å²) in [4.78, 5) is 24.6. The summed E-state index contributed by atoms with van der Waals surface area (Å²) in [7, 11) is 1.37. The predicted octanol–water partition coefficient (Wildman–Crippen LogP) is 1.03. The van der Waals surface area contributed by atoms with Gasteiger partial charge in [-0.1, -0.05) is 6.08 Å². The van der Waals surface area contributed by atoms with Gasteiger partial charge in [0.05, 0.1) is 19.3 Å². The zero-order valence-corrected chi connectivity index (χ0v) is 15.0. The van der Waals surface area contributed by atoms with Crippen LogP contribution in [0.15, 0.2) is 24.3 Å². The molecule has 146 valence electrons. The monoisotopic (exact) mass is 378 g/mol. The highest BCUT2D eigenvalue weighted by Crippen LogP contribution is 2.37. The maximum absolute atomic E-state index is 12.6. The molecule has 8 nitrogen and oxygen atoms in total. The molecule has 5 atom stereocenters. The van der Waals surface area contributed by atoms with Gasteiger partial charge < -0.3 is 29.5 Å². The second-order valence-electron chi connectivity index (χ2n) is 6.71. The number of hydrogen-bond acceptors (Lipinski definition) is 8. The molecule has 3 N–H and O–H groups in total. The second kappa shape index (κ2) is 7.67. The molecule has 2 aliphatic rings. The standard InChI is InChI=1S/C19H22O8/c1-9-4-3-5-12(20)18-15(27-18)8-14(22)17(23)11-6-10(25-2)7-13(21)16(11)19(24)26-9/h3,5-7,9,14-15,17-18,21-23H,4,8H2,1-2H3/b5-3-/t9?,14-,15+,17-,18-/m0/s1. The van der Waals surface area contributed by atoms with E-state index in [0.717, 1.165) is 0 Å². The minimum absolute atomic E-state index is 0.00568. The zero-order chi connectivity index (χ0) is 19.7. The number of methoxy groups -OCH3 is 1. The summed E-state index contributed by atoms with van der Waals surface area (Å²) in [6.07, 6.45) is -1.33. The van der Waals surface area contributed by atoms with E-state index in [0.29, 0.717) is 6.42 Å². The molecule has 0 aromatic heterocycles. The van der Waals surface area contributed by atoms with E-state index in [4.69, 9.17) is 14.2 Å². The van der Waals surface area contributed by atoms with Gasteiger partial charge in [-0.05, 0) is 19.1 Å². The molecule has 27 heavy (non-hydrogen) atoms. The Kier molecular flexibility index (Phi) is 5.50. The Hall–Kier alpha value is -2.42. The van der Waals surface area contributed by atoms with Gasteiger partial charge >= 0.3 is 5.97 Å². The van der Waals surface area contributed by atoms with Crippen molar-refractivity contribution < 1.29 is 39.1 Å². The van der Waals surface area contributed by atoms with Gasteiger partial charge in [-0.2, -0.15) is 0 Å². The molecule has 1 aromatic rings. The topological polar surface area (TPSA) is 126 Å². The van der Waals surface area contributed by atoms with Gasteiger partial charge in [-0.15, -0.1) is 0 Å². The molecule has 0 amide bonds. The summed E-state index contributed by atoms with van der Waals surface area (Å²) in [5.41, 5.74) is -0.257. The number of aliphatic hydroxyl groups is 2. The van der Waals surface area contributed by atoms with Crippen LogP contribution in [0.4, 0.5) is 0 Å². The molecule has 0 bridgehead atoms.